The molecule has 0 aromatic rings. The number of rotatable bonds is 7. The Bertz CT molecular complexity index is 96.1. The zero-order valence-corrected chi connectivity index (χ0v) is 6.79. The summed E-state index contributed by atoms with van der Waals surface area (Å²) >= 11 is 0. The maximum atomic E-state index is 8.88. The lowest BCUT2D eigenvalue weighted by atomic mass is 10.3. The third-order valence-corrected chi connectivity index (χ3v) is 1.35. The lowest BCUT2D eigenvalue weighted by Crippen LogP contribution is -2.29. The van der Waals surface area contributed by atoms with Gasteiger partial charge in [0.05, 0.1) is 12.7 Å². The van der Waals surface area contributed by atoms with Gasteiger partial charge in [0.15, 0.2) is 0 Å². The molecule has 0 spiro atoms. The van der Waals surface area contributed by atoms with Crippen LogP contribution in [0.4, 0.5) is 0 Å². The molecule has 0 aromatic carbocycles. The Morgan fingerprint density at radius 1 is 1.55 bits per heavy atom. The van der Waals surface area contributed by atoms with Crippen molar-refractivity contribution in [2.75, 3.05) is 19.7 Å². The minimum absolute atomic E-state index is 0.172. The van der Waals surface area contributed by atoms with Gasteiger partial charge in [0.25, 0.3) is 0 Å². The van der Waals surface area contributed by atoms with Crippen molar-refractivity contribution >= 4 is 0 Å². The summed E-state index contributed by atoms with van der Waals surface area (Å²) in [6.45, 7) is 4.75. The first-order chi connectivity index (χ1) is 5.31. The molecule has 1 unspecified atom stereocenters. The maximum absolute atomic E-state index is 8.88. The third kappa shape index (κ3) is 7.52. The number of aliphatic hydroxyl groups is 2. The highest BCUT2D eigenvalue weighted by molar-refractivity contribution is 4.66. The van der Waals surface area contributed by atoms with E-state index in [1.807, 2.05) is 6.08 Å². The molecule has 0 bridgehead atoms. The topological polar surface area (TPSA) is 52.5 Å². The van der Waals surface area contributed by atoms with Gasteiger partial charge >= 0.3 is 0 Å². The molecule has 0 saturated carbocycles. The minimum atomic E-state index is -0.626. The molecule has 0 radical (unpaired) electrons. The molecule has 0 aliphatic rings. The molecule has 0 amide bonds. The van der Waals surface area contributed by atoms with E-state index in [0.717, 1.165) is 19.4 Å². The molecular formula is C8H17NO2. The standard InChI is InChI=1S/C8H17NO2/c1-2-3-4-5-9-6-8(11)7-10/h2,8-11H,1,3-7H2. The molecule has 1 atom stereocenters. The van der Waals surface area contributed by atoms with Crippen LogP contribution in [0.2, 0.25) is 0 Å². The minimum Gasteiger partial charge on any atom is -0.394 e. The Balaban J connectivity index is 2.95. The van der Waals surface area contributed by atoms with Gasteiger partial charge in [0.2, 0.25) is 0 Å². The summed E-state index contributed by atoms with van der Waals surface area (Å²) in [6.07, 6.45) is 3.26. The van der Waals surface area contributed by atoms with Crippen molar-refractivity contribution in [3.8, 4) is 0 Å². The summed E-state index contributed by atoms with van der Waals surface area (Å²) < 4.78 is 0. The van der Waals surface area contributed by atoms with Crippen molar-refractivity contribution in [2.24, 2.45) is 0 Å². The molecule has 0 aliphatic heterocycles. The molecule has 0 heterocycles. The van der Waals surface area contributed by atoms with E-state index in [4.69, 9.17) is 10.2 Å². The van der Waals surface area contributed by atoms with Crippen molar-refractivity contribution < 1.29 is 10.2 Å². The van der Waals surface area contributed by atoms with Crippen LogP contribution >= 0.6 is 0 Å². The van der Waals surface area contributed by atoms with Crippen LogP contribution in [0.5, 0.6) is 0 Å². The van der Waals surface area contributed by atoms with Gasteiger partial charge in [-0.2, -0.15) is 0 Å². The zero-order chi connectivity index (χ0) is 8.53. The lowest BCUT2D eigenvalue weighted by Gasteiger charge is -2.07. The van der Waals surface area contributed by atoms with Gasteiger partial charge in [0, 0.05) is 6.54 Å². The summed E-state index contributed by atoms with van der Waals surface area (Å²) in [5.74, 6) is 0. The van der Waals surface area contributed by atoms with Crippen LogP contribution in [0, 0.1) is 0 Å². The molecule has 0 aliphatic carbocycles. The Kier molecular flexibility index (Phi) is 7.46. The van der Waals surface area contributed by atoms with Crippen molar-refractivity contribution in [3.63, 3.8) is 0 Å². The van der Waals surface area contributed by atoms with Gasteiger partial charge in [-0.1, -0.05) is 6.08 Å². The first kappa shape index (κ1) is 10.6. The summed E-state index contributed by atoms with van der Waals surface area (Å²) in [6, 6.07) is 0. The van der Waals surface area contributed by atoms with Gasteiger partial charge in [-0.15, -0.1) is 6.58 Å². The smallest absolute Gasteiger partial charge is 0.0894 e. The number of nitrogens with one attached hydrogen (secondary N) is 1. The average Bonchev–Trinajstić information content (AvgIpc) is 2.04. The van der Waals surface area contributed by atoms with Crippen molar-refractivity contribution in [1.29, 1.82) is 0 Å². The normalized spacial score (nSPS) is 12.9. The van der Waals surface area contributed by atoms with Crippen molar-refractivity contribution in [3.05, 3.63) is 12.7 Å². The van der Waals surface area contributed by atoms with Crippen LogP contribution in [-0.4, -0.2) is 36.0 Å². The van der Waals surface area contributed by atoms with E-state index in [-0.39, 0.29) is 6.61 Å². The average molecular weight is 159 g/mol. The van der Waals surface area contributed by atoms with E-state index in [9.17, 15) is 0 Å². The lowest BCUT2D eigenvalue weighted by molar-refractivity contribution is 0.0946. The number of unbranched alkanes of at least 4 members (excludes halogenated alkanes) is 1. The van der Waals surface area contributed by atoms with Crippen LogP contribution in [0.25, 0.3) is 0 Å². The molecule has 66 valence electrons. The predicted molar refractivity (Wildman–Crippen MR) is 45.4 cm³/mol. The van der Waals surface area contributed by atoms with Crippen LogP contribution in [-0.2, 0) is 0 Å². The Labute approximate surface area is 67.7 Å². The van der Waals surface area contributed by atoms with E-state index in [0.29, 0.717) is 6.54 Å². The van der Waals surface area contributed by atoms with Crippen LogP contribution in [0.1, 0.15) is 12.8 Å². The summed E-state index contributed by atoms with van der Waals surface area (Å²) in [4.78, 5) is 0. The van der Waals surface area contributed by atoms with Crippen LogP contribution < -0.4 is 5.32 Å². The summed E-state index contributed by atoms with van der Waals surface area (Å²) in [7, 11) is 0. The molecule has 0 fully saturated rings. The van der Waals surface area contributed by atoms with E-state index < -0.39 is 6.10 Å². The Morgan fingerprint density at radius 2 is 2.27 bits per heavy atom. The van der Waals surface area contributed by atoms with Crippen molar-refractivity contribution in [2.45, 2.75) is 18.9 Å². The van der Waals surface area contributed by atoms with E-state index in [2.05, 4.69) is 11.9 Å². The Morgan fingerprint density at radius 3 is 2.82 bits per heavy atom. The van der Waals surface area contributed by atoms with E-state index in [1.165, 1.54) is 0 Å². The molecule has 0 aromatic heterocycles. The largest absolute Gasteiger partial charge is 0.394 e. The molecule has 0 rings (SSSR count). The SMILES string of the molecule is C=CCCCNCC(O)CO. The fourth-order valence-corrected chi connectivity index (χ4v) is 0.705. The second-order valence-electron chi connectivity index (χ2n) is 2.47. The highest BCUT2D eigenvalue weighted by Gasteiger charge is 1.98. The monoisotopic (exact) mass is 159 g/mol. The van der Waals surface area contributed by atoms with E-state index >= 15 is 0 Å². The predicted octanol–water partition coefficient (Wildman–Crippen LogP) is -0.105. The molecule has 3 N–H and O–H groups in total. The van der Waals surface area contributed by atoms with Gasteiger partial charge in [-0.25, -0.2) is 0 Å². The molecule has 11 heavy (non-hydrogen) atoms. The number of hydrogen-bond donors (Lipinski definition) is 3. The zero-order valence-electron chi connectivity index (χ0n) is 6.79. The quantitative estimate of drug-likeness (QED) is 0.359. The Hall–Kier alpha value is -0.380. The van der Waals surface area contributed by atoms with Gasteiger partial charge in [0.1, 0.15) is 0 Å². The second-order valence-corrected chi connectivity index (χ2v) is 2.47. The van der Waals surface area contributed by atoms with Crippen molar-refractivity contribution in [1.82, 2.24) is 5.32 Å². The van der Waals surface area contributed by atoms with E-state index in [1.54, 1.807) is 0 Å². The van der Waals surface area contributed by atoms with Crippen LogP contribution in [0.15, 0.2) is 12.7 Å². The maximum Gasteiger partial charge on any atom is 0.0894 e. The molecular weight excluding hydrogens is 142 g/mol. The number of allylic oxidation sites excluding steroid dienone is 1. The van der Waals surface area contributed by atoms with Gasteiger partial charge in [-0.05, 0) is 19.4 Å². The van der Waals surface area contributed by atoms with Gasteiger partial charge in [-0.3, -0.25) is 0 Å². The number of hydrogen-bond acceptors (Lipinski definition) is 3. The number of aliphatic hydroxyl groups excluding tert-OH is 2. The molecule has 0 saturated heterocycles. The molecule has 3 nitrogen and oxygen atoms in total. The summed E-state index contributed by atoms with van der Waals surface area (Å²) in [5, 5.41) is 20.3. The first-order valence-corrected chi connectivity index (χ1v) is 3.91. The molecule has 3 heteroatoms. The van der Waals surface area contributed by atoms with Gasteiger partial charge < -0.3 is 15.5 Å². The first-order valence-electron chi connectivity index (χ1n) is 3.91. The second kappa shape index (κ2) is 7.72. The van der Waals surface area contributed by atoms with Crippen LogP contribution in [0.3, 0.4) is 0 Å². The summed E-state index contributed by atoms with van der Waals surface area (Å²) in [5.41, 5.74) is 0. The highest BCUT2D eigenvalue weighted by Crippen LogP contribution is 1.86. The fraction of sp³-hybridized carbons (Fsp3) is 0.750. The highest BCUT2D eigenvalue weighted by atomic mass is 16.3. The third-order valence-electron chi connectivity index (χ3n) is 1.35. The fourth-order valence-electron chi connectivity index (χ4n) is 0.705.